The minimum atomic E-state index is 0.443. The summed E-state index contributed by atoms with van der Waals surface area (Å²) in [7, 11) is 1.65. The van der Waals surface area contributed by atoms with Gasteiger partial charge in [-0.05, 0) is 36.4 Å². The molecule has 2 aromatic heterocycles. The van der Waals surface area contributed by atoms with Crippen LogP contribution in [0.5, 0.6) is 5.75 Å². The van der Waals surface area contributed by atoms with Gasteiger partial charge in [0.05, 0.1) is 7.11 Å². The minimum absolute atomic E-state index is 0.443. The Balaban J connectivity index is 2.18. The maximum atomic E-state index is 5.77. The van der Waals surface area contributed by atoms with E-state index in [0.717, 1.165) is 28.5 Å². The Morgan fingerprint density at radius 3 is 2.58 bits per heavy atom. The van der Waals surface area contributed by atoms with E-state index in [1.807, 2.05) is 46.9 Å². The third-order valence-electron chi connectivity index (χ3n) is 3.07. The second-order valence-electron chi connectivity index (χ2n) is 4.17. The van der Waals surface area contributed by atoms with Crippen LogP contribution in [-0.2, 0) is 6.54 Å². The Kier molecular flexibility index (Phi) is 2.89. The van der Waals surface area contributed by atoms with Crippen molar-refractivity contribution in [2.45, 2.75) is 6.54 Å². The molecule has 0 radical (unpaired) electrons. The van der Waals surface area contributed by atoms with E-state index in [4.69, 9.17) is 10.5 Å². The molecule has 2 heterocycles. The van der Waals surface area contributed by atoms with E-state index in [9.17, 15) is 0 Å². The van der Waals surface area contributed by atoms with Gasteiger partial charge < -0.3 is 10.5 Å². The van der Waals surface area contributed by atoms with Gasteiger partial charge in [0.1, 0.15) is 5.75 Å². The molecule has 0 bridgehead atoms. The first-order valence-corrected chi connectivity index (χ1v) is 6.01. The molecule has 3 rings (SSSR count). The Bertz CT molecular complexity index is 703. The zero-order chi connectivity index (χ0) is 13.2. The van der Waals surface area contributed by atoms with Gasteiger partial charge in [0.2, 0.25) is 0 Å². The molecule has 2 N–H and O–H groups in total. The number of nitrogens with two attached hydrogens (primary N) is 1. The number of fused-ring (bicyclic) bond motifs is 1. The minimum Gasteiger partial charge on any atom is -0.497 e. The summed E-state index contributed by atoms with van der Waals surface area (Å²) < 4.78 is 7.13. The number of benzene rings is 1. The number of pyridine rings is 1. The van der Waals surface area contributed by atoms with Crippen LogP contribution in [0.2, 0.25) is 0 Å². The third kappa shape index (κ3) is 1.94. The predicted molar refractivity (Wildman–Crippen MR) is 72.9 cm³/mol. The number of nitrogens with zero attached hydrogens (tertiary/aromatic N) is 3. The largest absolute Gasteiger partial charge is 0.497 e. The number of ether oxygens (including phenoxy) is 1. The molecule has 0 fully saturated rings. The second kappa shape index (κ2) is 4.70. The lowest BCUT2D eigenvalue weighted by Gasteiger charge is -2.06. The van der Waals surface area contributed by atoms with Crippen LogP contribution in [0, 0.1) is 0 Å². The van der Waals surface area contributed by atoms with Crippen molar-refractivity contribution in [3.63, 3.8) is 0 Å². The highest BCUT2D eigenvalue weighted by molar-refractivity contribution is 5.61. The van der Waals surface area contributed by atoms with Crippen LogP contribution in [0.4, 0.5) is 0 Å². The van der Waals surface area contributed by atoms with Crippen molar-refractivity contribution < 1.29 is 4.74 Å². The monoisotopic (exact) mass is 254 g/mol. The molecular formula is C14H14N4O. The van der Waals surface area contributed by atoms with Crippen LogP contribution in [0.3, 0.4) is 0 Å². The quantitative estimate of drug-likeness (QED) is 0.774. The van der Waals surface area contributed by atoms with E-state index in [1.165, 1.54) is 0 Å². The highest BCUT2D eigenvalue weighted by atomic mass is 16.5. The summed E-state index contributed by atoms with van der Waals surface area (Å²) in [6, 6.07) is 13.6. The van der Waals surface area contributed by atoms with Crippen molar-refractivity contribution in [2.75, 3.05) is 7.11 Å². The van der Waals surface area contributed by atoms with E-state index < -0.39 is 0 Å². The molecule has 0 saturated heterocycles. The molecule has 0 amide bonds. The summed E-state index contributed by atoms with van der Waals surface area (Å²) in [6.45, 7) is 0.443. The van der Waals surface area contributed by atoms with Crippen molar-refractivity contribution >= 4 is 5.65 Å². The Morgan fingerprint density at radius 1 is 1.11 bits per heavy atom. The highest BCUT2D eigenvalue weighted by Crippen LogP contribution is 2.22. The van der Waals surface area contributed by atoms with Crippen molar-refractivity contribution in [3.05, 3.63) is 48.2 Å². The molecule has 0 saturated carbocycles. The van der Waals surface area contributed by atoms with Crippen LogP contribution >= 0.6 is 0 Å². The number of methoxy groups -OCH3 is 1. The van der Waals surface area contributed by atoms with Crippen molar-refractivity contribution in [1.82, 2.24) is 14.6 Å². The molecule has 0 aliphatic heterocycles. The summed E-state index contributed by atoms with van der Waals surface area (Å²) in [5, 5.41) is 8.42. The van der Waals surface area contributed by atoms with Crippen LogP contribution in [0.1, 0.15) is 5.69 Å². The van der Waals surface area contributed by atoms with E-state index in [1.54, 1.807) is 7.11 Å². The fraction of sp³-hybridized carbons (Fsp3) is 0.143. The lowest BCUT2D eigenvalue weighted by Crippen LogP contribution is -2.04. The van der Waals surface area contributed by atoms with E-state index in [2.05, 4.69) is 10.2 Å². The summed E-state index contributed by atoms with van der Waals surface area (Å²) in [5.74, 6) is 1.61. The SMILES string of the molecule is COc1ccc(-c2nnc3cccc(CN)n23)cc1. The molecule has 0 aliphatic carbocycles. The number of hydrogen-bond acceptors (Lipinski definition) is 4. The maximum absolute atomic E-state index is 5.77. The molecule has 5 heteroatoms. The molecule has 19 heavy (non-hydrogen) atoms. The summed E-state index contributed by atoms with van der Waals surface area (Å²) >= 11 is 0. The average Bonchev–Trinajstić information content (AvgIpc) is 2.91. The summed E-state index contributed by atoms with van der Waals surface area (Å²) in [6.07, 6.45) is 0. The van der Waals surface area contributed by atoms with Crippen LogP contribution in [0.25, 0.3) is 17.0 Å². The third-order valence-corrected chi connectivity index (χ3v) is 3.07. The number of hydrogen-bond donors (Lipinski definition) is 1. The number of aromatic nitrogens is 3. The van der Waals surface area contributed by atoms with Crippen LogP contribution < -0.4 is 10.5 Å². The molecule has 96 valence electrons. The fourth-order valence-corrected chi connectivity index (χ4v) is 2.09. The van der Waals surface area contributed by atoms with E-state index >= 15 is 0 Å². The zero-order valence-corrected chi connectivity index (χ0v) is 10.6. The zero-order valence-electron chi connectivity index (χ0n) is 10.6. The van der Waals surface area contributed by atoms with Gasteiger partial charge in [0, 0.05) is 17.8 Å². The standard InChI is InChI=1S/C14H14N4O/c1-19-12-7-5-10(6-8-12)14-17-16-13-4-2-3-11(9-15)18(13)14/h2-8H,9,15H2,1H3. The summed E-state index contributed by atoms with van der Waals surface area (Å²) in [4.78, 5) is 0. The van der Waals surface area contributed by atoms with Gasteiger partial charge >= 0.3 is 0 Å². The van der Waals surface area contributed by atoms with Crippen molar-refractivity contribution in [1.29, 1.82) is 0 Å². The first-order valence-electron chi connectivity index (χ1n) is 6.01. The van der Waals surface area contributed by atoms with Gasteiger partial charge in [-0.1, -0.05) is 6.07 Å². The fourth-order valence-electron chi connectivity index (χ4n) is 2.09. The van der Waals surface area contributed by atoms with Gasteiger partial charge in [-0.25, -0.2) is 0 Å². The molecule has 0 unspecified atom stereocenters. The molecule has 3 aromatic rings. The first-order chi connectivity index (χ1) is 9.33. The molecule has 1 aromatic carbocycles. The average molecular weight is 254 g/mol. The first kappa shape index (κ1) is 11.7. The van der Waals surface area contributed by atoms with Crippen molar-refractivity contribution in [2.24, 2.45) is 5.73 Å². The summed E-state index contributed by atoms with van der Waals surface area (Å²) in [5.41, 5.74) is 8.53. The topological polar surface area (TPSA) is 65.4 Å². The van der Waals surface area contributed by atoms with Crippen LogP contribution in [0.15, 0.2) is 42.5 Å². The lowest BCUT2D eigenvalue weighted by atomic mass is 10.2. The maximum Gasteiger partial charge on any atom is 0.168 e. The normalized spacial score (nSPS) is 10.8. The van der Waals surface area contributed by atoms with Crippen LogP contribution in [-0.4, -0.2) is 21.7 Å². The van der Waals surface area contributed by atoms with Gasteiger partial charge in [-0.2, -0.15) is 0 Å². The Labute approximate surface area is 110 Å². The van der Waals surface area contributed by atoms with E-state index in [0.29, 0.717) is 6.54 Å². The number of rotatable bonds is 3. The Hall–Kier alpha value is -2.40. The van der Waals surface area contributed by atoms with Gasteiger partial charge in [-0.15, -0.1) is 10.2 Å². The van der Waals surface area contributed by atoms with Crippen molar-refractivity contribution in [3.8, 4) is 17.1 Å². The molecule has 0 aliphatic rings. The van der Waals surface area contributed by atoms with Gasteiger partial charge in [0.15, 0.2) is 11.5 Å². The molecule has 0 atom stereocenters. The lowest BCUT2D eigenvalue weighted by molar-refractivity contribution is 0.415. The predicted octanol–water partition coefficient (Wildman–Crippen LogP) is 1.86. The van der Waals surface area contributed by atoms with Gasteiger partial charge in [0.25, 0.3) is 0 Å². The molecule has 0 spiro atoms. The highest BCUT2D eigenvalue weighted by Gasteiger charge is 2.10. The molecular weight excluding hydrogens is 240 g/mol. The Morgan fingerprint density at radius 2 is 1.89 bits per heavy atom. The van der Waals surface area contributed by atoms with Gasteiger partial charge in [-0.3, -0.25) is 4.40 Å². The molecule has 5 nitrogen and oxygen atoms in total. The second-order valence-corrected chi connectivity index (χ2v) is 4.17. The smallest absolute Gasteiger partial charge is 0.168 e. The van der Waals surface area contributed by atoms with E-state index in [-0.39, 0.29) is 0 Å².